The molecule has 2 heterocycles. The molecule has 3 rings (SSSR count). The fourth-order valence-electron chi connectivity index (χ4n) is 2.73. The molecule has 0 amide bonds. The molecule has 1 saturated heterocycles. The van der Waals surface area contributed by atoms with Crippen LogP contribution in [0.5, 0.6) is 0 Å². The second-order valence-electron chi connectivity index (χ2n) is 5.39. The molecule has 1 aromatic carbocycles. The molecule has 1 fully saturated rings. The molecule has 2 aromatic rings. The lowest BCUT2D eigenvalue weighted by atomic mass is 10.2. The molecule has 1 aliphatic heterocycles. The molecule has 110 valence electrons. The first-order valence-corrected chi connectivity index (χ1v) is 8.02. The Labute approximate surface area is 129 Å². The molecule has 0 saturated carbocycles. The van der Waals surface area contributed by atoms with Crippen LogP contribution in [0.2, 0.25) is 0 Å². The van der Waals surface area contributed by atoms with Crippen molar-refractivity contribution in [3.63, 3.8) is 0 Å². The summed E-state index contributed by atoms with van der Waals surface area (Å²) in [5.74, 6) is 0.0532. The molecule has 0 bridgehead atoms. The highest BCUT2D eigenvalue weighted by Crippen LogP contribution is 2.29. The second kappa shape index (κ2) is 5.85. The Kier molecular flexibility index (Phi) is 3.92. The summed E-state index contributed by atoms with van der Waals surface area (Å²) in [5, 5.41) is 4.14. The number of hydrogen-bond donors (Lipinski definition) is 1. The topological polar surface area (TPSA) is 45.2 Å². The number of carbonyl (C=O) groups is 1. The minimum atomic E-state index is 0.0532. The standard InChI is InChI=1S/C16H19N3OS/c1-11-15(12(2)20)16(21-18-11)17-13-5-7-14(8-6-13)19-9-3-4-10-19/h5-8,17H,3-4,9-10H2,1-2H3. The van der Waals surface area contributed by atoms with E-state index in [9.17, 15) is 4.79 Å². The molecule has 0 unspecified atom stereocenters. The predicted octanol–water partition coefficient (Wildman–Crippen LogP) is 4.00. The van der Waals surface area contributed by atoms with Crippen molar-refractivity contribution in [3.8, 4) is 0 Å². The van der Waals surface area contributed by atoms with E-state index < -0.39 is 0 Å². The normalized spacial score (nSPS) is 14.5. The Hall–Kier alpha value is -1.88. The fraction of sp³-hybridized carbons (Fsp3) is 0.375. The lowest BCUT2D eigenvalue weighted by Crippen LogP contribution is -2.17. The van der Waals surface area contributed by atoms with E-state index in [1.165, 1.54) is 30.1 Å². The fourth-order valence-corrected chi connectivity index (χ4v) is 3.60. The molecule has 0 radical (unpaired) electrons. The van der Waals surface area contributed by atoms with E-state index in [0.717, 1.165) is 29.5 Å². The highest BCUT2D eigenvalue weighted by atomic mass is 32.1. The minimum Gasteiger partial charge on any atom is -0.372 e. The summed E-state index contributed by atoms with van der Waals surface area (Å²) < 4.78 is 4.26. The van der Waals surface area contributed by atoms with Crippen LogP contribution in [0.3, 0.4) is 0 Å². The SMILES string of the molecule is CC(=O)c1c(C)nsc1Nc1ccc(N2CCCC2)cc1. The number of ketones is 1. The van der Waals surface area contributed by atoms with Gasteiger partial charge in [0.1, 0.15) is 5.00 Å². The molecule has 0 atom stereocenters. The van der Waals surface area contributed by atoms with E-state index in [0.29, 0.717) is 5.56 Å². The minimum absolute atomic E-state index is 0.0532. The van der Waals surface area contributed by atoms with Crippen molar-refractivity contribution >= 4 is 33.7 Å². The lowest BCUT2D eigenvalue weighted by molar-refractivity contribution is 0.101. The summed E-state index contributed by atoms with van der Waals surface area (Å²) in [5.41, 5.74) is 3.75. The first-order valence-electron chi connectivity index (χ1n) is 7.24. The van der Waals surface area contributed by atoms with Gasteiger partial charge >= 0.3 is 0 Å². The van der Waals surface area contributed by atoms with Gasteiger partial charge in [0.2, 0.25) is 0 Å². The van der Waals surface area contributed by atoms with Gasteiger partial charge in [-0.2, -0.15) is 4.37 Å². The highest BCUT2D eigenvalue weighted by Gasteiger charge is 2.15. The van der Waals surface area contributed by atoms with Crippen LogP contribution in [0.4, 0.5) is 16.4 Å². The van der Waals surface area contributed by atoms with Crippen LogP contribution in [0.15, 0.2) is 24.3 Å². The van der Waals surface area contributed by atoms with Gasteiger partial charge < -0.3 is 10.2 Å². The molecule has 0 spiro atoms. The first kappa shape index (κ1) is 14.1. The van der Waals surface area contributed by atoms with Crippen molar-refractivity contribution < 1.29 is 4.79 Å². The zero-order valence-corrected chi connectivity index (χ0v) is 13.2. The van der Waals surface area contributed by atoms with E-state index in [2.05, 4.69) is 38.9 Å². The number of hydrogen-bond acceptors (Lipinski definition) is 5. The van der Waals surface area contributed by atoms with Crippen LogP contribution in [0.1, 0.15) is 35.8 Å². The second-order valence-corrected chi connectivity index (χ2v) is 6.17. The number of nitrogens with zero attached hydrogens (tertiary/aromatic N) is 2. The third kappa shape index (κ3) is 2.93. The molecule has 1 N–H and O–H groups in total. The summed E-state index contributed by atoms with van der Waals surface area (Å²) in [6.45, 7) is 5.75. The van der Waals surface area contributed by atoms with Crippen LogP contribution in [0, 0.1) is 6.92 Å². The van der Waals surface area contributed by atoms with Gasteiger partial charge in [-0.1, -0.05) is 0 Å². The molecule has 1 aromatic heterocycles. The summed E-state index contributed by atoms with van der Waals surface area (Å²) in [6, 6.07) is 8.39. The zero-order valence-electron chi connectivity index (χ0n) is 12.3. The number of nitrogens with one attached hydrogen (secondary N) is 1. The van der Waals surface area contributed by atoms with Crippen molar-refractivity contribution in [3.05, 3.63) is 35.5 Å². The number of anilines is 3. The Morgan fingerprint density at radius 1 is 1.24 bits per heavy atom. The number of carbonyl (C=O) groups excluding carboxylic acids is 1. The van der Waals surface area contributed by atoms with Crippen LogP contribution >= 0.6 is 11.5 Å². The van der Waals surface area contributed by atoms with E-state index in [-0.39, 0.29) is 5.78 Å². The average molecular weight is 301 g/mol. The predicted molar refractivity (Wildman–Crippen MR) is 88.0 cm³/mol. The maximum Gasteiger partial charge on any atom is 0.164 e. The van der Waals surface area contributed by atoms with Crippen molar-refractivity contribution in [1.82, 2.24) is 4.37 Å². The van der Waals surface area contributed by atoms with Crippen molar-refractivity contribution in [2.45, 2.75) is 26.7 Å². The Balaban J connectivity index is 1.77. The smallest absolute Gasteiger partial charge is 0.164 e. The summed E-state index contributed by atoms with van der Waals surface area (Å²) in [7, 11) is 0. The number of aryl methyl sites for hydroxylation is 1. The number of aromatic nitrogens is 1. The van der Waals surface area contributed by atoms with E-state index >= 15 is 0 Å². The number of Topliss-reactive ketones (excluding diaryl/α,β-unsaturated/α-hetero) is 1. The van der Waals surface area contributed by atoms with Gasteiger partial charge in [0, 0.05) is 24.5 Å². The zero-order chi connectivity index (χ0) is 14.8. The van der Waals surface area contributed by atoms with E-state index in [4.69, 9.17) is 0 Å². The van der Waals surface area contributed by atoms with Crippen LogP contribution < -0.4 is 10.2 Å². The monoisotopic (exact) mass is 301 g/mol. The highest BCUT2D eigenvalue weighted by molar-refractivity contribution is 7.10. The molecule has 21 heavy (non-hydrogen) atoms. The van der Waals surface area contributed by atoms with Crippen molar-refractivity contribution in [2.75, 3.05) is 23.3 Å². The number of rotatable bonds is 4. The lowest BCUT2D eigenvalue weighted by Gasteiger charge is -2.17. The van der Waals surface area contributed by atoms with Crippen LogP contribution in [0.25, 0.3) is 0 Å². The largest absolute Gasteiger partial charge is 0.372 e. The Morgan fingerprint density at radius 2 is 1.90 bits per heavy atom. The maximum absolute atomic E-state index is 11.7. The maximum atomic E-state index is 11.7. The average Bonchev–Trinajstić information content (AvgIpc) is 3.10. The van der Waals surface area contributed by atoms with Gasteiger partial charge in [-0.05, 0) is 62.5 Å². The van der Waals surface area contributed by atoms with E-state index in [1.807, 2.05) is 6.92 Å². The molecular formula is C16H19N3OS. The molecule has 0 aliphatic carbocycles. The van der Waals surface area contributed by atoms with Gasteiger partial charge in [0.15, 0.2) is 5.78 Å². The van der Waals surface area contributed by atoms with Crippen molar-refractivity contribution in [1.29, 1.82) is 0 Å². The first-order chi connectivity index (χ1) is 10.1. The summed E-state index contributed by atoms with van der Waals surface area (Å²) >= 11 is 1.34. The van der Waals surface area contributed by atoms with Crippen LogP contribution in [-0.4, -0.2) is 23.2 Å². The molecule has 4 nitrogen and oxygen atoms in total. The molecule has 5 heteroatoms. The molecule has 1 aliphatic rings. The van der Waals surface area contributed by atoms with Gasteiger partial charge in [-0.25, -0.2) is 0 Å². The van der Waals surface area contributed by atoms with Gasteiger partial charge in [-0.3, -0.25) is 4.79 Å². The van der Waals surface area contributed by atoms with E-state index in [1.54, 1.807) is 6.92 Å². The van der Waals surface area contributed by atoms with Crippen molar-refractivity contribution in [2.24, 2.45) is 0 Å². The van der Waals surface area contributed by atoms with Crippen LogP contribution in [-0.2, 0) is 0 Å². The Bertz CT molecular complexity index is 642. The molecular weight excluding hydrogens is 282 g/mol. The quantitative estimate of drug-likeness (QED) is 0.867. The third-order valence-electron chi connectivity index (χ3n) is 3.81. The van der Waals surface area contributed by atoms with Gasteiger partial charge in [0.25, 0.3) is 0 Å². The third-order valence-corrected chi connectivity index (χ3v) is 4.67. The van der Waals surface area contributed by atoms with Gasteiger partial charge in [-0.15, -0.1) is 0 Å². The summed E-state index contributed by atoms with van der Waals surface area (Å²) in [4.78, 5) is 14.1. The summed E-state index contributed by atoms with van der Waals surface area (Å²) in [6.07, 6.45) is 2.56. The van der Waals surface area contributed by atoms with Gasteiger partial charge in [0.05, 0.1) is 11.3 Å². The number of benzene rings is 1. The Morgan fingerprint density at radius 3 is 2.52 bits per heavy atom.